The molecule has 1 aromatic rings. The third-order valence-electron chi connectivity index (χ3n) is 3.27. The van der Waals surface area contributed by atoms with Gasteiger partial charge in [0.1, 0.15) is 0 Å². The van der Waals surface area contributed by atoms with Crippen LogP contribution in [0.1, 0.15) is 24.3 Å². The van der Waals surface area contributed by atoms with E-state index >= 15 is 0 Å². The molecule has 0 bridgehead atoms. The van der Waals surface area contributed by atoms with E-state index in [4.69, 9.17) is 9.47 Å². The predicted octanol–water partition coefficient (Wildman–Crippen LogP) is 3.07. The number of ether oxygens (including phenoxy) is 2. The zero-order valence-electron chi connectivity index (χ0n) is 8.41. The van der Waals surface area contributed by atoms with Gasteiger partial charge >= 0.3 is 0 Å². The van der Waals surface area contributed by atoms with Crippen LogP contribution in [0.5, 0.6) is 0 Å². The largest absolute Gasteiger partial charge is 0.347 e. The lowest BCUT2D eigenvalue weighted by Gasteiger charge is -2.43. The standard InChI is InChI=1S/C12H13BrO2/c13-11-3-1-9(2-4-11)10-7-12(8-10)14-5-6-15-12/h1-4,10H,5-8H2. The molecule has 1 aliphatic carbocycles. The average Bonchev–Trinajstić information content (AvgIpc) is 2.66. The first kappa shape index (κ1) is 9.82. The van der Waals surface area contributed by atoms with Crippen molar-refractivity contribution in [1.29, 1.82) is 0 Å². The second-order valence-electron chi connectivity index (χ2n) is 4.26. The molecular formula is C12H13BrO2. The number of rotatable bonds is 1. The van der Waals surface area contributed by atoms with Gasteiger partial charge in [0.2, 0.25) is 0 Å². The second kappa shape index (κ2) is 3.58. The van der Waals surface area contributed by atoms with Crippen molar-refractivity contribution in [2.24, 2.45) is 0 Å². The molecule has 3 heteroatoms. The first-order valence-corrected chi connectivity index (χ1v) is 6.10. The smallest absolute Gasteiger partial charge is 0.169 e. The van der Waals surface area contributed by atoms with Crippen LogP contribution in [-0.4, -0.2) is 19.0 Å². The van der Waals surface area contributed by atoms with Crippen molar-refractivity contribution < 1.29 is 9.47 Å². The van der Waals surface area contributed by atoms with Crippen molar-refractivity contribution >= 4 is 15.9 Å². The lowest BCUT2D eigenvalue weighted by molar-refractivity contribution is -0.215. The van der Waals surface area contributed by atoms with Crippen molar-refractivity contribution in [2.45, 2.75) is 24.5 Å². The summed E-state index contributed by atoms with van der Waals surface area (Å²) in [6.07, 6.45) is 2.02. The van der Waals surface area contributed by atoms with Crippen molar-refractivity contribution in [1.82, 2.24) is 0 Å². The Morgan fingerprint density at radius 3 is 2.27 bits per heavy atom. The molecule has 0 amide bonds. The molecule has 1 saturated carbocycles. The van der Waals surface area contributed by atoms with Gasteiger partial charge in [-0.15, -0.1) is 0 Å². The number of benzene rings is 1. The van der Waals surface area contributed by atoms with Gasteiger partial charge in [0, 0.05) is 17.3 Å². The minimum Gasteiger partial charge on any atom is -0.347 e. The van der Waals surface area contributed by atoms with Crippen LogP contribution in [0.15, 0.2) is 28.7 Å². The molecule has 1 saturated heterocycles. The van der Waals surface area contributed by atoms with Gasteiger partial charge in [-0.1, -0.05) is 28.1 Å². The van der Waals surface area contributed by atoms with E-state index in [1.165, 1.54) is 5.56 Å². The molecule has 15 heavy (non-hydrogen) atoms. The highest BCUT2D eigenvalue weighted by Crippen LogP contribution is 2.49. The number of halogens is 1. The van der Waals surface area contributed by atoms with E-state index in [1.807, 2.05) is 0 Å². The van der Waals surface area contributed by atoms with Crippen LogP contribution in [0.25, 0.3) is 0 Å². The maximum absolute atomic E-state index is 5.62. The summed E-state index contributed by atoms with van der Waals surface area (Å²) in [5, 5.41) is 0. The second-order valence-corrected chi connectivity index (χ2v) is 5.18. The summed E-state index contributed by atoms with van der Waals surface area (Å²) in [5.41, 5.74) is 1.39. The molecule has 2 fully saturated rings. The fraction of sp³-hybridized carbons (Fsp3) is 0.500. The fourth-order valence-corrected chi connectivity index (χ4v) is 2.66. The third-order valence-corrected chi connectivity index (χ3v) is 3.80. The Kier molecular flexibility index (Phi) is 2.34. The van der Waals surface area contributed by atoms with Gasteiger partial charge in [-0.3, -0.25) is 0 Å². The van der Waals surface area contributed by atoms with E-state index in [0.29, 0.717) is 5.92 Å². The van der Waals surface area contributed by atoms with Crippen LogP contribution in [0, 0.1) is 0 Å². The summed E-state index contributed by atoms with van der Waals surface area (Å²) < 4.78 is 12.4. The van der Waals surface area contributed by atoms with Crippen molar-refractivity contribution in [3.63, 3.8) is 0 Å². The maximum Gasteiger partial charge on any atom is 0.169 e. The summed E-state index contributed by atoms with van der Waals surface area (Å²) >= 11 is 3.44. The highest BCUT2D eigenvalue weighted by Gasteiger charge is 2.49. The highest BCUT2D eigenvalue weighted by atomic mass is 79.9. The Morgan fingerprint density at radius 2 is 1.67 bits per heavy atom. The quantitative estimate of drug-likeness (QED) is 0.780. The molecule has 0 atom stereocenters. The van der Waals surface area contributed by atoms with Crippen LogP contribution in [0.2, 0.25) is 0 Å². The normalized spacial score (nSPS) is 24.3. The number of hydrogen-bond acceptors (Lipinski definition) is 2. The van der Waals surface area contributed by atoms with Gasteiger partial charge < -0.3 is 9.47 Å². The zero-order chi connectivity index (χ0) is 10.3. The lowest BCUT2D eigenvalue weighted by atomic mass is 9.75. The van der Waals surface area contributed by atoms with E-state index in [1.54, 1.807) is 0 Å². The summed E-state index contributed by atoms with van der Waals surface area (Å²) in [6, 6.07) is 8.54. The van der Waals surface area contributed by atoms with E-state index in [9.17, 15) is 0 Å². The molecule has 2 aliphatic rings. The fourth-order valence-electron chi connectivity index (χ4n) is 2.39. The van der Waals surface area contributed by atoms with Crippen LogP contribution in [0.3, 0.4) is 0 Å². The molecule has 1 aromatic carbocycles. The minimum absolute atomic E-state index is 0.224. The molecule has 0 radical (unpaired) electrons. The molecule has 1 spiro atoms. The van der Waals surface area contributed by atoms with Crippen LogP contribution in [-0.2, 0) is 9.47 Å². The minimum atomic E-state index is -0.224. The summed E-state index contributed by atoms with van der Waals surface area (Å²) in [5.74, 6) is 0.383. The zero-order valence-corrected chi connectivity index (χ0v) is 10.00. The van der Waals surface area contributed by atoms with Gasteiger partial charge in [0.15, 0.2) is 5.79 Å². The first-order valence-electron chi connectivity index (χ1n) is 5.31. The van der Waals surface area contributed by atoms with E-state index < -0.39 is 0 Å². The van der Waals surface area contributed by atoms with Crippen LogP contribution in [0.4, 0.5) is 0 Å². The van der Waals surface area contributed by atoms with Crippen molar-refractivity contribution in [3.05, 3.63) is 34.3 Å². The predicted molar refractivity (Wildman–Crippen MR) is 60.8 cm³/mol. The number of hydrogen-bond donors (Lipinski definition) is 0. The molecule has 80 valence electrons. The highest BCUT2D eigenvalue weighted by molar-refractivity contribution is 9.10. The Hall–Kier alpha value is -0.380. The lowest BCUT2D eigenvalue weighted by Crippen LogP contribution is -2.43. The maximum atomic E-state index is 5.62. The van der Waals surface area contributed by atoms with Gasteiger partial charge in [-0.25, -0.2) is 0 Å². The summed E-state index contributed by atoms with van der Waals surface area (Å²) in [7, 11) is 0. The topological polar surface area (TPSA) is 18.5 Å². The molecule has 2 nitrogen and oxygen atoms in total. The molecule has 1 heterocycles. The average molecular weight is 269 g/mol. The van der Waals surface area contributed by atoms with Crippen molar-refractivity contribution in [3.8, 4) is 0 Å². The summed E-state index contributed by atoms with van der Waals surface area (Å²) in [6.45, 7) is 1.51. The van der Waals surface area contributed by atoms with E-state index in [0.717, 1.165) is 30.5 Å². The Morgan fingerprint density at radius 1 is 1.07 bits per heavy atom. The summed E-state index contributed by atoms with van der Waals surface area (Å²) in [4.78, 5) is 0. The SMILES string of the molecule is Brc1ccc(C2CC3(C2)OCCO3)cc1. The van der Waals surface area contributed by atoms with Crippen LogP contribution < -0.4 is 0 Å². The third kappa shape index (κ3) is 1.73. The first-order chi connectivity index (χ1) is 7.27. The van der Waals surface area contributed by atoms with Gasteiger partial charge in [-0.05, 0) is 23.6 Å². The van der Waals surface area contributed by atoms with Gasteiger partial charge in [-0.2, -0.15) is 0 Å². The Bertz CT molecular complexity index is 346. The van der Waals surface area contributed by atoms with E-state index in [2.05, 4.69) is 40.2 Å². The molecular weight excluding hydrogens is 256 g/mol. The van der Waals surface area contributed by atoms with Gasteiger partial charge in [0.25, 0.3) is 0 Å². The van der Waals surface area contributed by atoms with Crippen LogP contribution >= 0.6 is 15.9 Å². The monoisotopic (exact) mass is 268 g/mol. The molecule has 3 rings (SSSR count). The molecule has 1 aliphatic heterocycles. The molecule has 0 aromatic heterocycles. The Labute approximate surface area is 97.7 Å². The van der Waals surface area contributed by atoms with Crippen molar-refractivity contribution in [2.75, 3.05) is 13.2 Å². The molecule has 0 unspecified atom stereocenters. The molecule has 0 N–H and O–H groups in total. The van der Waals surface area contributed by atoms with E-state index in [-0.39, 0.29) is 5.79 Å². The van der Waals surface area contributed by atoms with Gasteiger partial charge in [0.05, 0.1) is 13.2 Å². The Balaban J connectivity index is 1.69.